The molecule has 0 bridgehead atoms. The Morgan fingerprint density at radius 2 is 1.83 bits per heavy atom. The van der Waals surface area contributed by atoms with E-state index in [-0.39, 0.29) is 12.1 Å². The molecule has 0 heterocycles. The smallest absolute Gasteiger partial charge is 0.305 e. The summed E-state index contributed by atoms with van der Waals surface area (Å²) >= 11 is 0. The maximum Gasteiger partial charge on any atom is 0.305 e. The van der Waals surface area contributed by atoms with Gasteiger partial charge in [0.2, 0.25) is 0 Å². The van der Waals surface area contributed by atoms with Crippen molar-refractivity contribution in [3.05, 3.63) is 36.0 Å². The third-order valence-electron chi connectivity index (χ3n) is 3.19. The van der Waals surface area contributed by atoms with E-state index in [1.807, 2.05) is 25.2 Å². The molecule has 2 N–H and O–H groups in total. The highest BCUT2D eigenvalue weighted by Crippen LogP contribution is 2.12. The second kappa shape index (κ2) is 11.4. The van der Waals surface area contributed by atoms with Crippen LogP contribution in [-0.2, 0) is 9.53 Å². The second-order valence-corrected chi connectivity index (χ2v) is 12.6. The molecule has 2 atom stereocenters. The van der Waals surface area contributed by atoms with Crippen molar-refractivity contribution in [1.82, 2.24) is 0 Å². The number of carbonyl (C=O) groups excluding carboxylic acids is 1. The van der Waals surface area contributed by atoms with Gasteiger partial charge in [-0.1, -0.05) is 55.6 Å². The summed E-state index contributed by atoms with van der Waals surface area (Å²) in [6, 6.07) is 0.852. The molecule has 23 heavy (non-hydrogen) atoms. The highest BCUT2D eigenvalue weighted by atomic mass is 28.3. The number of rotatable bonds is 10. The molecular weight excluding hydrogens is 308 g/mol. The lowest BCUT2D eigenvalue weighted by atomic mass is 10.1. The Kier molecular flexibility index (Phi) is 10.8. The third kappa shape index (κ3) is 14.2. The van der Waals surface area contributed by atoms with Gasteiger partial charge in [-0.2, -0.15) is 0 Å². The van der Waals surface area contributed by atoms with E-state index in [0.717, 1.165) is 11.6 Å². The molecule has 0 spiro atoms. The van der Waals surface area contributed by atoms with Crippen LogP contribution in [0.3, 0.4) is 0 Å². The molecule has 1 unspecified atom stereocenters. The summed E-state index contributed by atoms with van der Waals surface area (Å²) in [5.41, 5.74) is 0.944. The number of carbonyl (C=O) groups is 1. The lowest BCUT2D eigenvalue weighted by Crippen LogP contribution is -2.25. The number of esters is 1. The Bertz CT molecular complexity index is 433. The minimum Gasteiger partial charge on any atom is -0.469 e. The summed E-state index contributed by atoms with van der Waals surface area (Å²) in [5, 5.41) is 19.7. The molecule has 0 amide bonds. The molecule has 0 aliphatic carbocycles. The van der Waals surface area contributed by atoms with Crippen LogP contribution < -0.4 is 0 Å². The molecule has 0 saturated carbocycles. The molecule has 0 aliphatic rings. The molecule has 0 fully saturated rings. The van der Waals surface area contributed by atoms with Gasteiger partial charge in [-0.25, -0.2) is 0 Å². The highest BCUT2D eigenvalue weighted by Gasteiger charge is 2.16. The molecule has 0 aromatic heterocycles. The quantitative estimate of drug-likeness (QED) is 0.363. The topological polar surface area (TPSA) is 66.8 Å². The van der Waals surface area contributed by atoms with Gasteiger partial charge < -0.3 is 14.9 Å². The fourth-order valence-corrected chi connectivity index (χ4v) is 3.49. The maximum absolute atomic E-state index is 11.0. The van der Waals surface area contributed by atoms with E-state index in [9.17, 15) is 15.0 Å². The first-order chi connectivity index (χ1) is 10.6. The van der Waals surface area contributed by atoms with Crippen molar-refractivity contribution in [2.45, 2.75) is 64.1 Å². The van der Waals surface area contributed by atoms with Crippen LogP contribution in [0.2, 0.25) is 25.7 Å². The second-order valence-electron chi connectivity index (χ2n) is 7.02. The summed E-state index contributed by atoms with van der Waals surface area (Å²) in [4.78, 5) is 11.0. The Morgan fingerprint density at radius 3 is 2.39 bits per heavy atom. The predicted octanol–water partition coefficient (Wildman–Crippen LogP) is 3.45. The van der Waals surface area contributed by atoms with Crippen LogP contribution >= 0.6 is 0 Å². The summed E-state index contributed by atoms with van der Waals surface area (Å²) in [6.45, 7) is 8.60. The molecule has 0 aliphatic heterocycles. The molecular formula is C18H32O4Si. The number of methoxy groups -OCH3 is 1. The molecule has 4 nitrogen and oxygen atoms in total. The minimum absolute atomic E-state index is 0.250. The number of aliphatic hydroxyl groups excluding tert-OH is 2. The maximum atomic E-state index is 11.0. The van der Waals surface area contributed by atoms with Crippen molar-refractivity contribution >= 4 is 14.0 Å². The minimum atomic E-state index is -1.25. The first kappa shape index (κ1) is 21.8. The molecule has 0 aromatic rings. The van der Waals surface area contributed by atoms with Crippen molar-refractivity contribution in [3.63, 3.8) is 0 Å². The fraction of sp³-hybridized carbons (Fsp3) is 0.611. The normalized spacial score (nSPS) is 16.0. The van der Waals surface area contributed by atoms with Crippen molar-refractivity contribution < 1.29 is 19.7 Å². The van der Waals surface area contributed by atoms with E-state index in [1.165, 1.54) is 7.11 Å². The van der Waals surface area contributed by atoms with Crippen molar-refractivity contribution in [1.29, 1.82) is 0 Å². The predicted molar refractivity (Wildman–Crippen MR) is 98.1 cm³/mol. The summed E-state index contributed by atoms with van der Waals surface area (Å²) in [6.07, 6.45) is 9.66. The molecule has 0 rings (SSSR count). The average Bonchev–Trinajstić information content (AvgIpc) is 2.41. The number of ether oxygens (including phenoxy) is 1. The van der Waals surface area contributed by atoms with Crippen LogP contribution in [-0.4, -0.2) is 43.6 Å². The van der Waals surface area contributed by atoms with E-state index < -0.39 is 14.2 Å². The van der Waals surface area contributed by atoms with Gasteiger partial charge in [-0.15, -0.1) is 0 Å². The van der Waals surface area contributed by atoms with Gasteiger partial charge in [0, 0.05) is 14.5 Å². The van der Waals surface area contributed by atoms with Crippen LogP contribution in [0, 0.1) is 0 Å². The largest absolute Gasteiger partial charge is 0.469 e. The summed E-state index contributed by atoms with van der Waals surface area (Å²) in [5.74, 6) is -0.250. The van der Waals surface area contributed by atoms with E-state index in [4.69, 9.17) is 0 Å². The number of allylic oxidation sites excluding steroid dienone is 4. The van der Waals surface area contributed by atoms with Gasteiger partial charge in [-0.05, 0) is 25.8 Å². The molecule has 5 heteroatoms. The standard InChI is InChI=1S/C18H32O4Si/c1-15(13-16(19)11-8-12-18(21)22-2)9-6-7-10-17(20)14-23(3,4)5/h6-7,9-10,13,16-17,19-20H,8,11-12,14H2,1-5H3/b9-6+,10-7+,15-13-/t16?,17-/m0/s1. The van der Waals surface area contributed by atoms with E-state index >= 15 is 0 Å². The van der Waals surface area contributed by atoms with E-state index in [1.54, 1.807) is 12.2 Å². The zero-order chi connectivity index (χ0) is 17.9. The Hall–Kier alpha value is -1.17. The number of aliphatic hydroxyl groups is 2. The summed E-state index contributed by atoms with van der Waals surface area (Å²) < 4.78 is 4.56. The van der Waals surface area contributed by atoms with Gasteiger partial charge in [0.25, 0.3) is 0 Å². The number of hydrogen-bond donors (Lipinski definition) is 2. The van der Waals surface area contributed by atoms with Crippen molar-refractivity contribution in [2.75, 3.05) is 7.11 Å². The van der Waals surface area contributed by atoms with Gasteiger partial charge in [0.05, 0.1) is 19.3 Å². The first-order valence-electron chi connectivity index (χ1n) is 8.10. The first-order valence-corrected chi connectivity index (χ1v) is 11.8. The van der Waals surface area contributed by atoms with Crippen molar-refractivity contribution in [2.24, 2.45) is 0 Å². The molecule has 0 aromatic carbocycles. The lowest BCUT2D eigenvalue weighted by Gasteiger charge is -2.17. The zero-order valence-corrected chi connectivity index (χ0v) is 16.1. The monoisotopic (exact) mass is 340 g/mol. The van der Waals surface area contributed by atoms with Crippen LogP contribution in [0.1, 0.15) is 26.2 Å². The van der Waals surface area contributed by atoms with Gasteiger partial charge in [-0.3, -0.25) is 4.79 Å². The van der Waals surface area contributed by atoms with E-state index in [0.29, 0.717) is 19.3 Å². The van der Waals surface area contributed by atoms with Crippen LogP contribution in [0.5, 0.6) is 0 Å². The summed E-state index contributed by atoms with van der Waals surface area (Å²) in [7, 11) is 0.112. The third-order valence-corrected chi connectivity index (χ3v) is 4.83. The Balaban J connectivity index is 4.19. The van der Waals surface area contributed by atoms with Crippen LogP contribution in [0.4, 0.5) is 0 Å². The average molecular weight is 341 g/mol. The fourth-order valence-electron chi connectivity index (χ4n) is 2.10. The Labute approximate surface area is 141 Å². The highest BCUT2D eigenvalue weighted by molar-refractivity contribution is 6.76. The van der Waals surface area contributed by atoms with Crippen LogP contribution in [0.25, 0.3) is 0 Å². The lowest BCUT2D eigenvalue weighted by molar-refractivity contribution is -0.140. The molecule has 132 valence electrons. The Morgan fingerprint density at radius 1 is 1.17 bits per heavy atom. The van der Waals surface area contributed by atoms with Gasteiger partial charge >= 0.3 is 5.97 Å². The zero-order valence-electron chi connectivity index (χ0n) is 15.1. The van der Waals surface area contributed by atoms with Crippen molar-refractivity contribution in [3.8, 4) is 0 Å². The molecule has 0 saturated heterocycles. The van der Waals surface area contributed by atoms with Gasteiger partial charge in [0.1, 0.15) is 0 Å². The van der Waals surface area contributed by atoms with Gasteiger partial charge in [0.15, 0.2) is 0 Å². The molecule has 0 radical (unpaired) electrons. The van der Waals surface area contributed by atoms with E-state index in [2.05, 4.69) is 24.4 Å². The van der Waals surface area contributed by atoms with Crippen LogP contribution in [0.15, 0.2) is 36.0 Å². The number of hydrogen-bond acceptors (Lipinski definition) is 4. The SMILES string of the molecule is COC(=O)CCCC(O)\C=C(C)/C=C/C=C/[C@H](O)C[Si](C)(C)C.